The van der Waals surface area contributed by atoms with Gasteiger partial charge in [-0.3, -0.25) is 0 Å². The summed E-state index contributed by atoms with van der Waals surface area (Å²) < 4.78 is 0. The first-order chi connectivity index (χ1) is 6.36. The standard InChI is InChI=1S/C13H10/c1-9-12-6-2-4-10(12)8-11-5-3-7-13(9)11/h2-8H,1H3. The van der Waals surface area contributed by atoms with Gasteiger partial charge in [-0.15, -0.1) is 0 Å². The van der Waals surface area contributed by atoms with Crippen molar-refractivity contribution in [1.82, 2.24) is 0 Å². The Morgan fingerprint density at radius 1 is 1.00 bits per heavy atom. The Morgan fingerprint density at radius 3 is 2.77 bits per heavy atom. The second kappa shape index (κ2) is 2.23. The van der Waals surface area contributed by atoms with Crippen LogP contribution in [0.25, 0.3) is 24.3 Å². The van der Waals surface area contributed by atoms with E-state index in [4.69, 9.17) is 0 Å². The molecule has 0 bridgehead atoms. The smallest absolute Gasteiger partial charge is 0.0148 e. The lowest BCUT2D eigenvalue weighted by molar-refractivity contribution is 1.36. The van der Waals surface area contributed by atoms with Gasteiger partial charge < -0.3 is 0 Å². The van der Waals surface area contributed by atoms with Gasteiger partial charge >= 0.3 is 0 Å². The van der Waals surface area contributed by atoms with Gasteiger partial charge in [0.2, 0.25) is 0 Å². The normalized spacial score (nSPS) is 15.2. The fourth-order valence-corrected chi connectivity index (χ4v) is 2.12. The van der Waals surface area contributed by atoms with Gasteiger partial charge in [-0.25, -0.2) is 0 Å². The van der Waals surface area contributed by atoms with Crippen LogP contribution in [0.3, 0.4) is 0 Å². The van der Waals surface area contributed by atoms with Crippen LogP contribution < -0.4 is 10.4 Å². The summed E-state index contributed by atoms with van der Waals surface area (Å²) in [5.41, 5.74) is 4.15. The molecule has 0 N–H and O–H groups in total. The topological polar surface area (TPSA) is 0 Å². The number of benzene rings is 1. The zero-order chi connectivity index (χ0) is 8.84. The molecular weight excluding hydrogens is 156 g/mol. The van der Waals surface area contributed by atoms with Crippen molar-refractivity contribution in [2.45, 2.75) is 6.92 Å². The van der Waals surface area contributed by atoms with E-state index in [0.29, 0.717) is 0 Å². The third-order valence-electron chi connectivity index (χ3n) is 2.82. The number of hydrogen-bond donors (Lipinski definition) is 0. The van der Waals surface area contributed by atoms with Crippen LogP contribution in [0.2, 0.25) is 0 Å². The quantitative estimate of drug-likeness (QED) is 0.549. The number of rotatable bonds is 0. The minimum Gasteiger partial charge on any atom is -0.0610 e. The van der Waals surface area contributed by atoms with Crippen molar-refractivity contribution in [2.75, 3.05) is 0 Å². The van der Waals surface area contributed by atoms with Crippen molar-refractivity contribution >= 4 is 24.3 Å². The van der Waals surface area contributed by atoms with Crippen molar-refractivity contribution in [2.24, 2.45) is 0 Å². The van der Waals surface area contributed by atoms with E-state index in [2.05, 4.69) is 49.4 Å². The minimum absolute atomic E-state index is 1.36. The van der Waals surface area contributed by atoms with Crippen molar-refractivity contribution in [3.8, 4) is 0 Å². The zero-order valence-corrected chi connectivity index (χ0v) is 7.54. The van der Waals surface area contributed by atoms with Gasteiger partial charge in [-0.2, -0.15) is 0 Å². The summed E-state index contributed by atoms with van der Waals surface area (Å²) in [5.74, 6) is 0. The van der Waals surface area contributed by atoms with Gasteiger partial charge in [0, 0.05) is 0 Å². The molecule has 1 aromatic rings. The molecule has 13 heavy (non-hydrogen) atoms. The Labute approximate surface area is 77.2 Å². The predicted octanol–water partition coefficient (Wildman–Crippen LogP) is 1.61. The zero-order valence-electron chi connectivity index (χ0n) is 7.54. The van der Waals surface area contributed by atoms with Crippen molar-refractivity contribution in [3.05, 3.63) is 45.3 Å². The molecule has 3 rings (SSSR count). The summed E-state index contributed by atoms with van der Waals surface area (Å²) in [7, 11) is 0. The highest BCUT2D eigenvalue weighted by molar-refractivity contribution is 5.75. The first kappa shape index (κ1) is 6.90. The maximum Gasteiger partial charge on any atom is -0.0148 e. The largest absolute Gasteiger partial charge is 0.0610 e. The van der Waals surface area contributed by atoms with Crippen molar-refractivity contribution < 1.29 is 0 Å². The monoisotopic (exact) mass is 166 g/mol. The number of allylic oxidation sites excluding steroid dienone is 2. The first-order valence-corrected chi connectivity index (χ1v) is 4.57. The van der Waals surface area contributed by atoms with Crippen LogP contribution >= 0.6 is 0 Å². The molecule has 1 aromatic carbocycles. The summed E-state index contributed by atoms with van der Waals surface area (Å²) >= 11 is 0. The Kier molecular flexibility index (Phi) is 1.18. The molecule has 62 valence electrons. The van der Waals surface area contributed by atoms with Crippen molar-refractivity contribution in [1.29, 1.82) is 0 Å². The third-order valence-corrected chi connectivity index (χ3v) is 2.82. The predicted molar refractivity (Wildman–Crippen MR) is 57.4 cm³/mol. The van der Waals surface area contributed by atoms with Crippen LogP contribution in [0, 0.1) is 6.92 Å². The molecule has 0 fully saturated rings. The Hall–Kier alpha value is -1.56. The number of fused-ring (bicyclic) bond motifs is 2. The highest BCUT2D eigenvalue weighted by Gasteiger charge is 2.06. The lowest BCUT2D eigenvalue weighted by atomic mass is 10.0. The molecule has 0 aliphatic heterocycles. The molecule has 0 saturated heterocycles. The van der Waals surface area contributed by atoms with Gasteiger partial charge in [-0.05, 0) is 40.1 Å². The molecule has 0 atom stereocenters. The molecule has 0 heteroatoms. The first-order valence-electron chi connectivity index (χ1n) is 4.57. The van der Waals surface area contributed by atoms with Crippen LogP contribution in [0.5, 0.6) is 0 Å². The highest BCUT2D eigenvalue weighted by Crippen LogP contribution is 2.10. The van der Waals surface area contributed by atoms with Crippen LogP contribution in [-0.2, 0) is 0 Å². The molecule has 0 radical (unpaired) electrons. The van der Waals surface area contributed by atoms with Crippen LogP contribution in [0.15, 0.2) is 18.2 Å². The van der Waals surface area contributed by atoms with Gasteiger partial charge in [0.05, 0.1) is 0 Å². The maximum absolute atomic E-state index is 2.26. The van der Waals surface area contributed by atoms with Crippen LogP contribution in [-0.4, -0.2) is 0 Å². The molecule has 0 aromatic heterocycles. The Balaban J connectivity index is 2.56. The van der Waals surface area contributed by atoms with Crippen LogP contribution in [0.4, 0.5) is 0 Å². The molecular formula is C13H10. The van der Waals surface area contributed by atoms with E-state index in [1.165, 1.54) is 27.1 Å². The molecule has 0 amide bonds. The summed E-state index contributed by atoms with van der Waals surface area (Å²) in [5, 5.41) is 2.75. The molecule has 0 heterocycles. The van der Waals surface area contributed by atoms with Gasteiger partial charge in [0.15, 0.2) is 0 Å². The van der Waals surface area contributed by atoms with E-state index in [1.807, 2.05) is 0 Å². The van der Waals surface area contributed by atoms with Gasteiger partial charge in [-0.1, -0.05) is 36.5 Å². The van der Waals surface area contributed by atoms with Gasteiger partial charge in [0.25, 0.3) is 0 Å². The third kappa shape index (κ3) is 0.803. The Morgan fingerprint density at radius 2 is 1.85 bits per heavy atom. The molecule has 2 aliphatic carbocycles. The van der Waals surface area contributed by atoms with E-state index in [-0.39, 0.29) is 0 Å². The lowest BCUT2D eigenvalue weighted by Crippen LogP contribution is -2.17. The summed E-state index contributed by atoms with van der Waals surface area (Å²) in [4.78, 5) is 0. The average Bonchev–Trinajstić information content (AvgIpc) is 2.71. The van der Waals surface area contributed by atoms with Crippen LogP contribution in [0.1, 0.15) is 16.7 Å². The maximum atomic E-state index is 2.26. The second-order valence-corrected chi connectivity index (χ2v) is 3.56. The summed E-state index contributed by atoms with van der Waals surface area (Å²) in [6, 6.07) is 2.26. The van der Waals surface area contributed by atoms with E-state index in [1.54, 1.807) is 0 Å². The van der Waals surface area contributed by atoms with E-state index in [9.17, 15) is 0 Å². The molecule has 0 spiro atoms. The highest BCUT2D eigenvalue weighted by atomic mass is 14.1. The Bertz CT molecular complexity index is 555. The summed E-state index contributed by atoms with van der Waals surface area (Å²) in [6.07, 6.45) is 13.0. The second-order valence-electron chi connectivity index (χ2n) is 3.56. The van der Waals surface area contributed by atoms with E-state index >= 15 is 0 Å². The SMILES string of the molecule is Cc1c2c(cc3c1=CC=C3)=CC=C2. The summed E-state index contributed by atoms with van der Waals surface area (Å²) in [6.45, 7) is 2.20. The van der Waals surface area contributed by atoms with Crippen molar-refractivity contribution in [3.63, 3.8) is 0 Å². The number of hydrogen-bond acceptors (Lipinski definition) is 0. The fourth-order valence-electron chi connectivity index (χ4n) is 2.12. The van der Waals surface area contributed by atoms with E-state index in [0.717, 1.165) is 0 Å². The molecule has 0 nitrogen and oxygen atoms in total. The molecule has 2 aliphatic rings. The van der Waals surface area contributed by atoms with Gasteiger partial charge in [0.1, 0.15) is 0 Å². The molecule has 0 saturated carbocycles. The van der Waals surface area contributed by atoms with E-state index < -0.39 is 0 Å². The average molecular weight is 166 g/mol. The fraction of sp³-hybridized carbons (Fsp3) is 0.0769. The minimum atomic E-state index is 1.36. The molecule has 0 unspecified atom stereocenters. The lowest BCUT2D eigenvalue weighted by Gasteiger charge is -2.02.